The first kappa shape index (κ1) is 14.2. The standard InChI is InChI=1S/C9H11ClN2O2.ClH/c1-2-8(11)6-3-4-7(10)9(5-6)12(13)14;/h3-5,8H,2,11H2,1H3;1H/t8-;/m0./s1. The molecular weight excluding hydrogens is 239 g/mol. The SMILES string of the molecule is CC[C@H](N)c1ccc(Cl)c([N+](=O)[O-])c1.Cl. The van der Waals surface area contributed by atoms with Crippen LogP contribution in [0.5, 0.6) is 0 Å². The second-order valence-corrected chi connectivity index (χ2v) is 3.39. The van der Waals surface area contributed by atoms with Crippen molar-refractivity contribution in [2.75, 3.05) is 0 Å². The quantitative estimate of drug-likeness (QED) is 0.662. The van der Waals surface area contributed by atoms with Crippen LogP contribution >= 0.6 is 24.0 Å². The molecule has 0 fully saturated rings. The van der Waals surface area contributed by atoms with Gasteiger partial charge in [-0.05, 0) is 18.1 Å². The molecule has 0 aliphatic rings. The Labute approximate surface area is 99.0 Å². The summed E-state index contributed by atoms with van der Waals surface area (Å²) in [6, 6.07) is 4.47. The summed E-state index contributed by atoms with van der Waals surface area (Å²) in [7, 11) is 0. The highest BCUT2D eigenvalue weighted by Crippen LogP contribution is 2.27. The average molecular weight is 251 g/mol. The fourth-order valence-corrected chi connectivity index (χ4v) is 1.32. The highest BCUT2D eigenvalue weighted by molar-refractivity contribution is 6.32. The molecule has 15 heavy (non-hydrogen) atoms. The first-order valence-corrected chi connectivity index (χ1v) is 4.63. The molecule has 1 aromatic carbocycles. The Balaban J connectivity index is 0.00000196. The van der Waals surface area contributed by atoms with E-state index in [0.29, 0.717) is 0 Å². The van der Waals surface area contributed by atoms with Crippen LogP contribution in [0.15, 0.2) is 18.2 Å². The third kappa shape index (κ3) is 3.34. The largest absolute Gasteiger partial charge is 0.324 e. The maximum atomic E-state index is 10.6. The summed E-state index contributed by atoms with van der Waals surface area (Å²) in [5, 5.41) is 10.7. The monoisotopic (exact) mass is 250 g/mol. The van der Waals surface area contributed by atoms with Gasteiger partial charge in [0, 0.05) is 12.1 Å². The molecule has 6 heteroatoms. The van der Waals surface area contributed by atoms with Crippen molar-refractivity contribution in [2.45, 2.75) is 19.4 Å². The van der Waals surface area contributed by atoms with E-state index in [9.17, 15) is 10.1 Å². The number of nitro benzene ring substituents is 1. The summed E-state index contributed by atoms with van der Waals surface area (Å²) in [6.45, 7) is 1.92. The van der Waals surface area contributed by atoms with Gasteiger partial charge in [0.2, 0.25) is 0 Å². The van der Waals surface area contributed by atoms with Crippen LogP contribution < -0.4 is 5.73 Å². The van der Waals surface area contributed by atoms with Crippen LogP contribution in [0.1, 0.15) is 24.9 Å². The lowest BCUT2D eigenvalue weighted by molar-refractivity contribution is -0.384. The number of hydrogen-bond donors (Lipinski definition) is 1. The number of rotatable bonds is 3. The minimum absolute atomic E-state index is 0. The predicted octanol–water partition coefficient (Wildman–Crippen LogP) is 3.08. The van der Waals surface area contributed by atoms with Crippen molar-refractivity contribution in [1.29, 1.82) is 0 Å². The van der Waals surface area contributed by atoms with Gasteiger partial charge in [-0.3, -0.25) is 10.1 Å². The van der Waals surface area contributed by atoms with E-state index in [0.717, 1.165) is 12.0 Å². The zero-order valence-electron chi connectivity index (χ0n) is 8.14. The first-order valence-electron chi connectivity index (χ1n) is 4.25. The number of benzene rings is 1. The van der Waals surface area contributed by atoms with Crippen molar-refractivity contribution in [3.8, 4) is 0 Å². The fourth-order valence-electron chi connectivity index (χ4n) is 1.14. The summed E-state index contributed by atoms with van der Waals surface area (Å²) in [5.74, 6) is 0. The van der Waals surface area contributed by atoms with Gasteiger partial charge in [-0.1, -0.05) is 24.6 Å². The molecule has 1 rings (SSSR count). The van der Waals surface area contributed by atoms with E-state index in [-0.39, 0.29) is 29.2 Å². The lowest BCUT2D eigenvalue weighted by Gasteiger charge is -2.08. The fraction of sp³-hybridized carbons (Fsp3) is 0.333. The minimum atomic E-state index is -0.506. The lowest BCUT2D eigenvalue weighted by atomic mass is 10.1. The molecule has 4 nitrogen and oxygen atoms in total. The van der Waals surface area contributed by atoms with Crippen molar-refractivity contribution < 1.29 is 4.92 Å². The Morgan fingerprint density at radius 3 is 2.67 bits per heavy atom. The van der Waals surface area contributed by atoms with Crippen molar-refractivity contribution in [3.63, 3.8) is 0 Å². The molecule has 1 atom stereocenters. The molecule has 0 unspecified atom stereocenters. The van der Waals surface area contributed by atoms with Crippen LogP contribution in [0.3, 0.4) is 0 Å². The molecule has 0 aliphatic carbocycles. The molecule has 0 amide bonds. The molecule has 1 aromatic rings. The number of nitrogens with two attached hydrogens (primary N) is 1. The molecule has 0 aliphatic heterocycles. The van der Waals surface area contributed by atoms with Gasteiger partial charge in [0.1, 0.15) is 5.02 Å². The van der Waals surface area contributed by atoms with Crippen molar-refractivity contribution in [1.82, 2.24) is 0 Å². The predicted molar refractivity (Wildman–Crippen MR) is 62.6 cm³/mol. The van der Waals surface area contributed by atoms with Crippen LogP contribution in [0.4, 0.5) is 5.69 Å². The van der Waals surface area contributed by atoms with Gasteiger partial charge in [0.05, 0.1) is 4.92 Å². The molecule has 0 saturated heterocycles. The van der Waals surface area contributed by atoms with Crippen LogP contribution in [-0.4, -0.2) is 4.92 Å². The summed E-state index contributed by atoms with van der Waals surface area (Å²) >= 11 is 5.66. The maximum Gasteiger partial charge on any atom is 0.288 e. The molecule has 0 spiro atoms. The molecule has 2 N–H and O–H groups in total. The van der Waals surface area contributed by atoms with Crippen LogP contribution in [0.2, 0.25) is 5.02 Å². The van der Waals surface area contributed by atoms with Gasteiger partial charge in [-0.15, -0.1) is 12.4 Å². The topological polar surface area (TPSA) is 69.2 Å². The van der Waals surface area contributed by atoms with E-state index in [1.54, 1.807) is 6.07 Å². The Kier molecular flexibility index (Phi) is 5.57. The number of nitrogens with zero attached hydrogens (tertiary/aromatic N) is 1. The van der Waals surface area contributed by atoms with Gasteiger partial charge in [-0.2, -0.15) is 0 Å². The van der Waals surface area contributed by atoms with E-state index in [4.69, 9.17) is 17.3 Å². The zero-order valence-corrected chi connectivity index (χ0v) is 9.72. The zero-order chi connectivity index (χ0) is 10.7. The second-order valence-electron chi connectivity index (χ2n) is 2.98. The summed E-state index contributed by atoms with van der Waals surface area (Å²) in [6.07, 6.45) is 0.735. The Morgan fingerprint density at radius 2 is 2.20 bits per heavy atom. The number of hydrogen-bond acceptors (Lipinski definition) is 3. The van der Waals surface area contributed by atoms with Gasteiger partial charge >= 0.3 is 0 Å². The third-order valence-corrected chi connectivity index (χ3v) is 2.35. The van der Waals surface area contributed by atoms with Crippen molar-refractivity contribution in [3.05, 3.63) is 38.9 Å². The van der Waals surface area contributed by atoms with Crippen molar-refractivity contribution in [2.24, 2.45) is 5.73 Å². The molecule has 84 valence electrons. The maximum absolute atomic E-state index is 10.6. The molecule has 0 bridgehead atoms. The van der Waals surface area contributed by atoms with E-state index in [2.05, 4.69) is 0 Å². The Bertz CT molecular complexity index is 358. The van der Waals surface area contributed by atoms with Crippen LogP contribution in [0, 0.1) is 10.1 Å². The number of halogens is 2. The lowest BCUT2D eigenvalue weighted by Crippen LogP contribution is -2.08. The van der Waals surface area contributed by atoms with Crippen LogP contribution in [0.25, 0.3) is 0 Å². The molecule has 0 radical (unpaired) electrons. The average Bonchev–Trinajstić information content (AvgIpc) is 2.17. The smallest absolute Gasteiger partial charge is 0.288 e. The summed E-state index contributed by atoms with van der Waals surface area (Å²) in [4.78, 5) is 10.1. The van der Waals surface area contributed by atoms with Gasteiger partial charge in [0.15, 0.2) is 0 Å². The minimum Gasteiger partial charge on any atom is -0.324 e. The van der Waals surface area contributed by atoms with Gasteiger partial charge < -0.3 is 5.73 Å². The second kappa shape index (κ2) is 5.90. The highest BCUT2D eigenvalue weighted by atomic mass is 35.5. The van der Waals surface area contributed by atoms with E-state index < -0.39 is 4.92 Å². The Morgan fingerprint density at radius 1 is 1.60 bits per heavy atom. The third-order valence-electron chi connectivity index (χ3n) is 2.03. The summed E-state index contributed by atoms with van der Waals surface area (Å²) in [5.41, 5.74) is 6.40. The van der Waals surface area contributed by atoms with E-state index in [1.165, 1.54) is 12.1 Å². The molecule has 0 saturated carbocycles. The van der Waals surface area contributed by atoms with Crippen LogP contribution in [-0.2, 0) is 0 Å². The first-order chi connectivity index (χ1) is 6.56. The number of nitro groups is 1. The molecular formula is C9H12Cl2N2O2. The van der Waals surface area contributed by atoms with Crippen molar-refractivity contribution >= 4 is 29.7 Å². The Hall–Kier alpha value is -0.840. The van der Waals surface area contributed by atoms with Gasteiger partial charge in [-0.25, -0.2) is 0 Å². The van der Waals surface area contributed by atoms with E-state index in [1.807, 2.05) is 6.92 Å². The van der Waals surface area contributed by atoms with Gasteiger partial charge in [0.25, 0.3) is 5.69 Å². The summed E-state index contributed by atoms with van der Waals surface area (Å²) < 4.78 is 0. The normalized spacial score (nSPS) is 11.7. The molecule has 0 heterocycles. The molecule has 0 aromatic heterocycles. The highest BCUT2D eigenvalue weighted by Gasteiger charge is 2.14. The van der Waals surface area contributed by atoms with E-state index >= 15 is 0 Å².